The smallest absolute Gasteiger partial charge is 0.237 e. The Morgan fingerprint density at radius 1 is 0.923 bits per heavy atom. The summed E-state index contributed by atoms with van der Waals surface area (Å²) in [5.41, 5.74) is 5.25. The van der Waals surface area contributed by atoms with Crippen molar-refractivity contribution in [1.29, 1.82) is 0 Å². The minimum Gasteiger partial charge on any atom is -0.376 e. The fourth-order valence-corrected chi connectivity index (χ4v) is 5.27. The molecular formula is C21H17N3O2. The Kier molecular flexibility index (Phi) is 2.47. The summed E-state index contributed by atoms with van der Waals surface area (Å²) >= 11 is 0. The van der Waals surface area contributed by atoms with Crippen molar-refractivity contribution < 1.29 is 9.59 Å². The molecule has 1 aromatic heterocycles. The number of nitrogens with one attached hydrogen (secondary N) is 2. The maximum Gasteiger partial charge on any atom is 0.237 e. The number of fused-ring (bicyclic) bond motifs is 10. The number of aromatic amines is 1. The zero-order chi connectivity index (χ0) is 17.6. The quantitative estimate of drug-likeness (QED) is 0.616. The van der Waals surface area contributed by atoms with E-state index in [-0.39, 0.29) is 29.7 Å². The van der Waals surface area contributed by atoms with Crippen molar-refractivity contribution >= 4 is 28.4 Å². The molecule has 3 aromatic rings. The van der Waals surface area contributed by atoms with Gasteiger partial charge < -0.3 is 10.3 Å². The highest BCUT2D eigenvalue weighted by Gasteiger charge is 2.59. The Morgan fingerprint density at radius 3 is 2.58 bits per heavy atom. The number of hydrogen-bond acceptors (Lipinski definition) is 3. The third kappa shape index (κ3) is 1.48. The Hall–Kier alpha value is -3.08. The second-order valence-corrected chi connectivity index (χ2v) is 7.47. The van der Waals surface area contributed by atoms with Crippen LogP contribution in [0.15, 0.2) is 48.5 Å². The van der Waals surface area contributed by atoms with Gasteiger partial charge in [-0.05, 0) is 23.3 Å². The van der Waals surface area contributed by atoms with Gasteiger partial charge in [-0.15, -0.1) is 0 Å². The molecular weight excluding hydrogens is 326 g/mol. The number of hydrogen-bond donors (Lipinski definition) is 2. The standard InChI is InChI=1S/C21H17N3O2/c1-24-20(25)16-14-10-6-2-4-8-12(10)22-18(14)19-15(17(16)21(24)26)11-7-3-5-9-13(11)23-19/h2-9,14,16-18,22-23H,1H3/t14-,16-,17-,18-/m0/s1. The number of likely N-dealkylation sites (N-methyl/N-ethyl adjacent to an activating group) is 1. The van der Waals surface area contributed by atoms with E-state index in [9.17, 15) is 9.59 Å². The van der Waals surface area contributed by atoms with Crippen LogP contribution in [0.5, 0.6) is 0 Å². The summed E-state index contributed by atoms with van der Waals surface area (Å²) in [5, 5.41) is 4.65. The first-order chi connectivity index (χ1) is 12.7. The summed E-state index contributed by atoms with van der Waals surface area (Å²) in [6.07, 6.45) is 0. The maximum atomic E-state index is 13.0. The third-order valence-corrected chi connectivity index (χ3v) is 6.35. The van der Waals surface area contributed by atoms with Gasteiger partial charge in [0.05, 0.1) is 17.9 Å². The van der Waals surface area contributed by atoms with E-state index in [1.807, 2.05) is 36.4 Å². The number of anilines is 1. The Balaban J connectivity index is 1.69. The number of H-pyrrole nitrogens is 1. The number of para-hydroxylation sites is 2. The number of aromatic nitrogens is 1. The maximum absolute atomic E-state index is 13.0. The van der Waals surface area contributed by atoms with Crippen LogP contribution in [0, 0.1) is 5.92 Å². The summed E-state index contributed by atoms with van der Waals surface area (Å²) < 4.78 is 0. The summed E-state index contributed by atoms with van der Waals surface area (Å²) in [6, 6.07) is 16.2. The average Bonchev–Trinajstić information content (AvgIpc) is 3.29. The predicted molar refractivity (Wildman–Crippen MR) is 97.9 cm³/mol. The van der Waals surface area contributed by atoms with Crippen LogP contribution in [0.25, 0.3) is 10.9 Å². The summed E-state index contributed by atoms with van der Waals surface area (Å²) in [6.45, 7) is 0. The molecule has 5 nitrogen and oxygen atoms in total. The van der Waals surface area contributed by atoms with Crippen LogP contribution in [-0.4, -0.2) is 28.7 Å². The van der Waals surface area contributed by atoms with Gasteiger partial charge in [-0.25, -0.2) is 0 Å². The lowest BCUT2D eigenvalue weighted by atomic mass is 9.68. The fraction of sp³-hybridized carbons (Fsp3) is 0.238. The number of carbonyl (C=O) groups is 2. The highest BCUT2D eigenvalue weighted by atomic mass is 16.2. The molecule has 2 aliphatic heterocycles. The van der Waals surface area contributed by atoms with Gasteiger partial charge in [0.2, 0.25) is 11.8 Å². The van der Waals surface area contributed by atoms with Gasteiger partial charge in [-0.2, -0.15) is 0 Å². The molecule has 4 atom stereocenters. The fourth-order valence-electron chi connectivity index (χ4n) is 5.27. The van der Waals surface area contributed by atoms with Gasteiger partial charge in [0.25, 0.3) is 0 Å². The van der Waals surface area contributed by atoms with Gasteiger partial charge in [0.15, 0.2) is 0 Å². The zero-order valence-corrected chi connectivity index (χ0v) is 14.2. The number of likely N-dealkylation sites (tertiary alicyclic amines) is 1. The van der Waals surface area contributed by atoms with E-state index in [1.165, 1.54) is 4.90 Å². The molecule has 0 bridgehead atoms. The van der Waals surface area contributed by atoms with E-state index in [2.05, 4.69) is 22.4 Å². The molecule has 3 aliphatic rings. The number of imide groups is 1. The van der Waals surface area contributed by atoms with E-state index >= 15 is 0 Å². The van der Waals surface area contributed by atoms with Gasteiger partial charge in [-0.1, -0.05) is 36.4 Å². The van der Waals surface area contributed by atoms with Crippen molar-refractivity contribution in [3.05, 3.63) is 65.4 Å². The van der Waals surface area contributed by atoms with Crippen LogP contribution < -0.4 is 5.32 Å². The molecule has 5 heteroatoms. The highest BCUT2D eigenvalue weighted by Crippen LogP contribution is 2.59. The number of carbonyl (C=O) groups excluding carboxylic acids is 2. The molecule has 1 aliphatic carbocycles. The molecule has 2 aromatic carbocycles. The van der Waals surface area contributed by atoms with E-state index < -0.39 is 5.92 Å². The van der Waals surface area contributed by atoms with E-state index in [0.717, 1.165) is 33.4 Å². The molecule has 6 rings (SSSR count). The van der Waals surface area contributed by atoms with Crippen molar-refractivity contribution in [2.24, 2.45) is 5.92 Å². The average molecular weight is 343 g/mol. The molecule has 0 unspecified atom stereocenters. The molecule has 3 heterocycles. The molecule has 0 radical (unpaired) electrons. The monoisotopic (exact) mass is 343 g/mol. The first kappa shape index (κ1) is 14.1. The molecule has 128 valence electrons. The van der Waals surface area contributed by atoms with Crippen LogP contribution in [0.2, 0.25) is 0 Å². The first-order valence-electron chi connectivity index (χ1n) is 8.94. The van der Waals surface area contributed by atoms with Crippen molar-refractivity contribution in [1.82, 2.24) is 9.88 Å². The Morgan fingerprint density at radius 2 is 1.69 bits per heavy atom. The molecule has 1 saturated heterocycles. The number of nitrogens with zero attached hydrogens (tertiary/aromatic N) is 1. The summed E-state index contributed by atoms with van der Waals surface area (Å²) in [5.74, 6) is -0.940. The lowest BCUT2D eigenvalue weighted by molar-refractivity contribution is -0.138. The van der Waals surface area contributed by atoms with Gasteiger partial charge in [-0.3, -0.25) is 14.5 Å². The largest absolute Gasteiger partial charge is 0.376 e. The van der Waals surface area contributed by atoms with Crippen LogP contribution >= 0.6 is 0 Å². The SMILES string of the molecule is CN1C(=O)[C@H]2[C@@H]3c4ccccc4N[C@@H]3c3[nH]c4ccccc4c3[C@@H]2C1=O. The second kappa shape index (κ2) is 4.55. The Bertz CT molecular complexity index is 1120. The number of rotatable bonds is 0. The molecule has 2 amide bonds. The van der Waals surface area contributed by atoms with Gasteiger partial charge in [0.1, 0.15) is 0 Å². The molecule has 26 heavy (non-hydrogen) atoms. The normalized spacial score (nSPS) is 28.6. The minimum atomic E-state index is -0.409. The van der Waals surface area contributed by atoms with Crippen LogP contribution in [0.1, 0.15) is 34.7 Å². The van der Waals surface area contributed by atoms with Crippen LogP contribution in [0.4, 0.5) is 5.69 Å². The van der Waals surface area contributed by atoms with Crippen molar-refractivity contribution in [3.8, 4) is 0 Å². The van der Waals surface area contributed by atoms with E-state index in [4.69, 9.17) is 0 Å². The number of amides is 2. The lowest BCUT2D eigenvalue weighted by Crippen LogP contribution is -2.33. The van der Waals surface area contributed by atoms with Crippen molar-refractivity contribution in [2.75, 3.05) is 12.4 Å². The van der Waals surface area contributed by atoms with Crippen molar-refractivity contribution in [3.63, 3.8) is 0 Å². The third-order valence-electron chi connectivity index (χ3n) is 6.35. The molecule has 0 saturated carbocycles. The zero-order valence-electron chi connectivity index (χ0n) is 14.2. The predicted octanol–water partition coefficient (Wildman–Crippen LogP) is 3.13. The van der Waals surface area contributed by atoms with Crippen LogP contribution in [0.3, 0.4) is 0 Å². The highest BCUT2D eigenvalue weighted by molar-refractivity contribution is 6.10. The molecule has 1 fully saturated rings. The van der Waals surface area contributed by atoms with Gasteiger partial charge in [0, 0.05) is 35.2 Å². The summed E-state index contributed by atoms with van der Waals surface area (Å²) in [7, 11) is 1.61. The second-order valence-electron chi connectivity index (χ2n) is 7.47. The molecule has 2 N–H and O–H groups in total. The first-order valence-corrected chi connectivity index (χ1v) is 8.94. The van der Waals surface area contributed by atoms with Crippen molar-refractivity contribution in [2.45, 2.75) is 17.9 Å². The molecule has 0 spiro atoms. The summed E-state index contributed by atoms with van der Waals surface area (Å²) in [4.78, 5) is 30.9. The van der Waals surface area contributed by atoms with E-state index in [0.29, 0.717) is 0 Å². The Labute approximate surface area is 150 Å². The topological polar surface area (TPSA) is 65.2 Å². The van der Waals surface area contributed by atoms with Crippen LogP contribution in [-0.2, 0) is 9.59 Å². The lowest BCUT2D eigenvalue weighted by Gasteiger charge is -2.33. The van der Waals surface area contributed by atoms with E-state index in [1.54, 1.807) is 7.05 Å². The number of benzene rings is 2. The van der Waals surface area contributed by atoms with Gasteiger partial charge >= 0.3 is 0 Å². The minimum absolute atomic E-state index is 0.0145.